The first kappa shape index (κ1) is 19.0. The van der Waals surface area contributed by atoms with Gasteiger partial charge in [0, 0.05) is 17.6 Å². The number of hydrogen-bond acceptors (Lipinski definition) is 6. The van der Waals surface area contributed by atoms with Crippen molar-refractivity contribution < 1.29 is 4.79 Å². The van der Waals surface area contributed by atoms with Crippen molar-refractivity contribution in [2.75, 3.05) is 25.5 Å². The third-order valence-electron chi connectivity index (χ3n) is 6.51. The summed E-state index contributed by atoms with van der Waals surface area (Å²) in [6.45, 7) is 4.18. The van der Waals surface area contributed by atoms with Crippen molar-refractivity contribution >= 4 is 22.9 Å². The lowest BCUT2D eigenvalue weighted by molar-refractivity contribution is 0.0400. The molecule has 2 atom stereocenters. The monoisotopic (exact) mass is 405 g/mol. The van der Waals surface area contributed by atoms with E-state index in [0.717, 1.165) is 54.8 Å². The van der Waals surface area contributed by atoms with E-state index in [2.05, 4.69) is 55.1 Å². The van der Waals surface area contributed by atoms with Crippen molar-refractivity contribution in [1.29, 1.82) is 0 Å². The highest BCUT2D eigenvalue weighted by Gasteiger charge is 2.40. The highest BCUT2D eigenvalue weighted by atomic mass is 16.2. The molecule has 0 saturated carbocycles. The van der Waals surface area contributed by atoms with Crippen LogP contribution in [0.15, 0.2) is 36.9 Å². The summed E-state index contributed by atoms with van der Waals surface area (Å²) in [4.78, 5) is 34.0. The molecule has 0 aliphatic carbocycles. The molecule has 3 aromatic rings. The standard InChI is InChI=1S/C22H27N7O/c1-14(27-21-19-20(24-12-23-19)25-13-26-21)18-11-15-5-3-4-6-17(15)22(30)29(18)16-7-9-28(2)10-8-16/h3-6,12-14,16,18H,7-11H2,1-2H3,(H2,23,24,25,26,27). The normalized spacial score (nSPS) is 21.6. The van der Waals surface area contributed by atoms with Gasteiger partial charge in [0.1, 0.15) is 11.8 Å². The number of hydrogen-bond donors (Lipinski definition) is 2. The van der Waals surface area contributed by atoms with Crippen LogP contribution in [0.25, 0.3) is 11.2 Å². The number of H-pyrrole nitrogens is 1. The molecule has 2 aliphatic rings. The molecule has 30 heavy (non-hydrogen) atoms. The quantitative estimate of drug-likeness (QED) is 0.692. The van der Waals surface area contributed by atoms with Crippen LogP contribution >= 0.6 is 0 Å². The molecule has 2 unspecified atom stereocenters. The van der Waals surface area contributed by atoms with Gasteiger partial charge in [-0.1, -0.05) is 18.2 Å². The lowest BCUT2D eigenvalue weighted by Crippen LogP contribution is -2.58. The first-order chi connectivity index (χ1) is 14.6. The zero-order valence-corrected chi connectivity index (χ0v) is 17.4. The average Bonchev–Trinajstić information content (AvgIpc) is 3.24. The summed E-state index contributed by atoms with van der Waals surface area (Å²) in [6.07, 6.45) is 5.99. The lowest BCUT2D eigenvalue weighted by atomic mass is 9.87. The molecule has 0 bridgehead atoms. The molecule has 2 aliphatic heterocycles. The van der Waals surface area contributed by atoms with E-state index < -0.39 is 0 Å². The van der Waals surface area contributed by atoms with Crippen molar-refractivity contribution in [3.63, 3.8) is 0 Å². The second kappa shape index (κ2) is 7.68. The van der Waals surface area contributed by atoms with E-state index in [1.54, 1.807) is 6.33 Å². The summed E-state index contributed by atoms with van der Waals surface area (Å²) >= 11 is 0. The van der Waals surface area contributed by atoms with Gasteiger partial charge in [-0.3, -0.25) is 4.79 Å². The number of aromatic amines is 1. The Labute approximate surface area is 175 Å². The van der Waals surface area contributed by atoms with Gasteiger partial charge >= 0.3 is 0 Å². The van der Waals surface area contributed by atoms with Crippen LogP contribution in [-0.4, -0.2) is 73.9 Å². The maximum atomic E-state index is 13.6. The Balaban J connectivity index is 1.47. The molecule has 156 valence electrons. The summed E-state index contributed by atoms with van der Waals surface area (Å²) in [5, 5.41) is 3.54. The predicted octanol–water partition coefficient (Wildman–Crippen LogP) is 2.31. The number of aromatic nitrogens is 4. The zero-order valence-electron chi connectivity index (χ0n) is 17.4. The van der Waals surface area contributed by atoms with E-state index in [1.165, 1.54) is 6.33 Å². The number of imidazole rings is 1. The minimum absolute atomic E-state index is 0.0170. The fourth-order valence-corrected chi connectivity index (χ4v) is 4.83. The topological polar surface area (TPSA) is 90.0 Å². The predicted molar refractivity (Wildman–Crippen MR) is 115 cm³/mol. The average molecular weight is 406 g/mol. The molecule has 2 aromatic heterocycles. The van der Waals surface area contributed by atoms with Crippen molar-refractivity contribution in [3.05, 3.63) is 48.0 Å². The lowest BCUT2D eigenvalue weighted by Gasteiger charge is -2.46. The number of nitrogens with one attached hydrogen (secondary N) is 2. The molecular formula is C22H27N7O. The Morgan fingerprint density at radius 2 is 1.97 bits per heavy atom. The van der Waals surface area contributed by atoms with Gasteiger partial charge in [-0.15, -0.1) is 0 Å². The van der Waals surface area contributed by atoms with E-state index in [9.17, 15) is 4.79 Å². The molecule has 8 heteroatoms. The van der Waals surface area contributed by atoms with Gasteiger partial charge in [0.2, 0.25) is 0 Å². The fourth-order valence-electron chi connectivity index (χ4n) is 4.83. The van der Waals surface area contributed by atoms with E-state index in [4.69, 9.17) is 0 Å². The van der Waals surface area contributed by atoms with Crippen molar-refractivity contribution in [2.45, 2.75) is 44.3 Å². The highest BCUT2D eigenvalue weighted by molar-refractivity contribution is 5.97. The van der Waals surface area contributed by atoms with Crippen molar-refractivity contribution in [1.82, 2.24) is 29.7 Å². The van der Waals surface area contributed by atoms with Gasteiger partial charge in [-0.2, -0.15) is 0 Å². The second-order valence-corrected chi connectivity index (χ2v) is 8.43. The number of amides is 1. The van der Waals surface area contributed by atoms with Gasteiger partial charge in [0.25, 0.3) is 5.91 Å². The first-order valence-electron chi connectivity index (χ1n) is 10.6. The Morgan fingerprint density at radius 1 is 1.17 bits per heavy atom. The fraction of sp³-hybridized carbons (Fsp3) is 0.455. The smallest absolute Gasteiger partial charge is 0.254 e. The van der Waals surface area contributed by atoms with Crippen molar-refractivity contribution in [2.24, 2.45) is 0 Å². The Morgan fingerprint density at radius 3 is 2.80 bits per heavy atom. The molecule has 0 radical (unpaired) electrons. The minimum Gasteiger partial charge on any atom is -0.364 e. The SMILES string of the molecule is CC(Nc1ncnc2nc[nH]c12)C1Cc2ccccc2C(=O)N1C1CCN(C)CC1. The molecule has 1 amide bonds. The van der Waals surface area contributed by atoms with Crippen LogP contribution in [0.4, 0.5) is 5.82 Å². The van der Waals surface area contributed by atoms with Crippen LogP contribution in [0.3, 0.4) is 0 Å². The summed E-state index contributed by atoms with van der Waals surface area (Å²) in [5.74, 6) is 0.874. The number of fused-ring (bicyclic) bond motifs is 2. The van der Waals surface area contributed by atoms with E-state index >= 15 is 0 Å². The van der Waals surface area contributed by atoms with E-state index in [0.29, 0.717) is 5.65 Å². The molecule has 4 heterocycles. The molecule has 5 rings (SSSR count). The number of likely N-dealkylation sites (tertiary alicyclic amines) is 1. The van der Waals surface area contributed by atoms with Crippen LogP contribution in [0.2, 0.25) is 0 Å². The van der Waals surface area contributed by atoms with Gasteiger partial charge in [0.05, 0.1) is 12.4 Å². The summed E-state index contributed by atoms with van der Waals surface area (Å²) in [7, 11) is 2.15. The molecule has 0 spiro atoms. The minimum atomic E-state index is 0.0170. The van der Waals surface area contributed by atoms with Crippen LogP contribution in [0.1, 0.15) is 35.7 Å². The number of nitrogens with zero attached hydrogens (tertiary/aromatic N) is 5. The summed E-state index contributed by atoms with van der Waals surface area (Å²) in [5.41, 5.74) is 3.40. The Bertz CT molecular complexity index is 1060. The number of piperidine rings is 1. The van der Waals surface area contributed by atoms with Crippen LogP contribution in [0, 0.1) is 0 Å². The summed E-state index contributed by atoms with van der Waals surface area (Å²) < 4.78 is 0. The number of benzene rings is 1. The zero-order chi connectivity index (χ0) is 20.7. The van der Waals surface area contributed by atoms with Crippen LogP contribution in [0.5, 0.6) is 0 Å². The summed E-state index contributed by atoms with van der Waals surface area (Å²) in [6, 6.07) is 8.35. The number of rotatable bonds is 4. The molecule has 8 nitrogen and oxygen atoms in total. The maximum absolute atomic E-state index is 13.6. The van der Waals surface area contributed by atoms with Crippen LogP contribution in [-0.2, 0) is 6.42 Å². The highest BCUT2D eigenvalue weighted by Crippen LogP contribution is 2.31. The van der Waals surface area contributed by atoms with Crippen molar-refractivity contribution in [3.8, 4) is 0 Å². The van der Waals surface area contributed by atoms with Gasteiger partial charge in [-0.05, 0) is 58.0 Å². The second-order valence-electron chi connectivity index (χ2n) is 8.43. The third kappa shape index (κ3) is 3.31. The largest absolute Gasteiger partial charge is 0.364 e. The first-order valence-corrected chi connectivity index (χ1v) is 10.6. The van der Waals surface area contributed by atoms with Gasteiger partial charge < -0.3 is 20.1 Å². The molecular weight excluding hydrogens is 378 g/mol. The molecule has 2 N–H and O–H groups in total. The van der Waals surface area contributed by atoms with Gasteiger partial charge in [-0.25, -0.2) is 15.0 Å². The number of carbonyl (C=O) groups is 1. The Hall–Kier alpha value is -3.00. The van der Waals surface area contributed by atoms with Gasteiger partial charge in [0.15, 0.2) is 11.5 Å². The van der Waals surface area contributed by atoms with E-state index in [1.807, 2.05) is 18.2 Å². The molecule has 1 saturated heterocycles. The Kier molecular flexibility index (Phi) is 4.86. The molecule has 1 aromatic carbocycles. The number of anilines is 1. The number of carbonyl (C=O) groups excluding carboxylic acids is 1. The maximum Gasteiger partial charge on any atom is 0.254 e. The molecule has 1 fully saturated rings. The van der Waals surface area contributed by atoms with E-state index in [-0.39, 0.29) is 24.0 Å². The van der Waals surface area contributed by atoms with Crippen LogP contribution < -0.4 is 5.32 Å². The third-order valence-corrected chi connectivity index (χ3v) is 6.51.